The van der Waals surface area contributed by atoms with E-state index >= 15 is 0 Å². The number of para-hydroxylation sites is 2. The van der Waals surface area contributed by atoms with E-state index in [-0.39, 0.29) is 0 Å². The van der Waals surface area contributed by atoms with E-state index in [9.17, 15) is 5.02 Å². The molecule has 0 saturated heterocycles. The molecule has 21 heavy (non-hydrogen) atoms. The fourth-order valence-electron chi connectivity index (χ4n) is 2.01. The molecule has 3 nitrogen and oxygen atoms in total. The highest BCUT2D eigenvalue weighted by molar-refractivity contribution is 6.60. The average Bonchev–Trinajstić information content (AvgIpc) is 2.54. The summed E-state index contributed by atoms with van der Waals surface area (Å²) in [5, 5.41) is 10.1. The van der Waals surface area contributed by atoms with E-state index in [1.54, 1.807) is 6.07 Å². The zero-order valence-electron chi connectivity index (χ0n) is 12.4. The van der Waals surface area contributed by atoms with Crippen LogP contribution in [0.15, 0.2) is 54.6 Å². The summed E-state index contributed by atoms with van der Waals surface area (Å²) in [7, 11) is -0.994. The Kier molecular flexibility index (Phi) is 6.16. The van der Waals surface area contributed by atoms with Crippen LogP contribution < -0.4 is 14.9 Å². The first-order valence-corrected chi connectivity index (χ1v) is 7.42. The number of ether oxygens (including phenoxy) is 1. The molecule has 0 heterocycles. The van der Waals surface area contributed by atoms with Gasteiger partial charge in [0.2, 0.25) is 0 Å². The van der Waals surface area contributed by atoms with Crippen LogP contribution in [0.4, 0.5) is 0 Å². The van der Waals surface area contributed by atoms with Crippen molar-refractivity contribution in [2.75, 3.05) is 6.61 Å². The molecule has 2 rings (SSSR count). The molecule has 0 aliphatic heterocycles. The van der Waals surface area contributed by atoms with Crippen LogP contribution in [0.2, 0.25) is 0 Å². The quantitative estimate of drug-likeness (QED) is 0.598. The zero-order valence-corrected chi connectivity index (χ0v) is 12.4. The van der Waals surface area contributed by atoms with Crippen molar-refractivity contribution in [3.8, 4) is 11.5 Å². The van der Waals surface area contributed by atoms with E-state index in [2.05, 4.69) is 6.92 Å². The zero-order chi connectivity index (χ0) is 14.9. The third kappa shape index (κ3) is 4.83. The van der Waals surface area contributed by atoms with Crippen molar-refractivity contribution >= 4 is 12.6 Å². The summed E-state index contributed by atoms with van der Waals surface area (Å²) in [6.07, 6.45) is 3.33. The number of hydrogen-bond acceptors (Lipinski definition) is 3. The highest BCUT2D eigenvalue weighted by Crippen LogP contribution is 2.26. The molecule has 0 saturated carbocycles. The maximum atomic E-state index is 10.1. The molecule has 110 valence electrons. The molecule has 0 aliphatic rings. The summed E-state index contributed by atoms with van der Waals surface area (Å²) in [6, 6.07) is 16.7. The van der Waals surface area contributed by atoms with E-state index < -0.39 is 7.12 Å². The molecule has 0 aromatic heterocycles. The second kappa shape index (κ2) is 8.37. The monoisotopic (exact) mass is 284 g/mol. The number of benzene rings is 2. The van der Waals surface area contributed by atoms with Gasteiger partial charge in [0, 0.05) is 0 Å². The van der Waals surface area contributed by atoms with E-state index in [0.717, 1.165) is 24.7 Å². The third-order valence-electron chi connectivity index (χ3n) is 3.18. The number of unbranched alkanes of at least 4 members (excludes halogenated alkanes) is 2. The van der Waals surface area contributed by atoms with Crippen LogP contribution >= 0.6 is 0 Å². The highest BCUT2D eigenvalue weighted by Gasteiger charge is 2.19. The second-order valence-corrected chi connectivity index (χ2v) is 4.88. The Balaban J connectivity index is 1.99. The van der Waals surface area contributed by atoms with Gasteiger partial charge in [-0.3, -0.25) is 0 Å². The molecule has 2 aromatic carbocycles. The summed E-state index contributed by atoms with van der Waals surface area (Å²) in [5.41, 5.74) is 0.721. The van der Waals surface area contributed by atoms with Gasteiger partial charge in [-0.25, -0.2) is 0 Å². The fraction of sp³-hybridized carbons (Fsp3) is 0.294. The molecule has 0 aliphatic carbocycles. The molecule has 0 fully saturated rings. The van der Waals surface area contributed by atoms with E-state index in [4.69, 9.17) is 9.39 Å². The van der Waals surface area contributed by atoms with Crippen molar-refractivity contribution in [3.63, 3.8) is 0 Å². The molecule has 0 spiro atoms. The van der Waals surface area contributed by atoms with Crippen molar-refractivity contribution in [3.05, 3.63) is 54.6 Å². The van der Waals surface area contributed by atoms with Gasteiger partial charge in [-0.2, -0.15) is 0 Å². The number of hydrogen-bond donors (Lipinski definition) is 1. The molecule has 4 heteroatoms. The Morgan fingerprint density at radius 2 is 1.57 bits per heavy atom. The van der Waals surface area contributed by atoms with Crippen LogP contribution in [0, 0.1) is 0 Å². The van der Waals surface area contributed by atoms with Crippen LogP contribution in [-0.2, 0) is 0 Å². The first kappa shape index (κ1) is 15.5. The Bertz CT molecular complexity index is 531. The van der Waals surface area contributed by atoms with Crippen molar-refractivity contribution in [2.45, 2.75) is 26.2 Å². The largest absolute Gasteiger partial charge is 0.560 e. The first-order valence-electron chi connectivity index (χ1n) is 7.42. The van der Waals surface area contributed by atoms with Gasteiger partial charge in [-0.1, -0.05) is 62.2 Å². The van der Waals surface area contributed by atoms with Gasteiger partial charge in [-0.15, -0.1) is 0 Å². The average molecular weight is 284 g/mol. The maximum absolute atomic E-state index is 10.1. The van der Waals surface area contributed by atoms with Gasteiger partial charge in [-0.05, 0) is 24.0 Å². The number of rotatable bonds is 8. The molecule has 0 bridgehead atoms. The minimum absolute atomic E-state index is 0.561. The fourth-order valence-corrected chi connectivity index (χ4v) is 2.01. The normalized spacial score (nSPS) is 10.2. The van der Waals surface area contributed by atoms with E-state index in [0.29, 0.717) is 18.1 Å². The van der Waals surface area contributed by atoms with Gasteiger partial charge in [0.05, 0.1) is 6.61 Å². The minimum atomic E-state index is -0.994. The summed E-state index contributed by atoms with van der Waals surface area (Å²) in [5.74, 6) is 1.23. The van der Waals surface area contributed by atoms with Crippen molar-refractivity contribution in [1.82, 2.24) is 0 Å². The predicted molar refractivity (Wildman–Crippen MR) is 86.1 cm³/mol. The molecule has 0 unspecified atom stereocenters. The molecular weight excluding hydrogens is 263 g/mol. The summed E-state index contributed by atoms with van der Waals surface area (Å²) < 4.78 is 11.4. The second-order valence-electron chi connectivity index (χ2n) is 4.88. The smallest absolute Gasteiger partial charge is 0.530 e. The lowest BCUT2D eigenvalue weighted by atomic mass is 9.79. The van der Waals surface area contributed by atoms with Crippen LogP contribution in [-0.4, -0.2) is 18.7 Å². The van der Waals surface area contributed by atoms with Gasteiger partial charge in [0.1, 0.15) is 5.75 Å². The first-order chi connectivity index (χ1) is 10.3. The van der Waals surface area contributed by atoms with Gasteiger partial charge in [0.25, 0.3) is 0 Å². The summed E-state index contributed by atoms with van der Waals surface area (Å²) >= 11 is 0. The van der Waals surface area contributed by atoms with Crippen molar-refractivity contribution < 1.29 is 14.4 Å². The Morgan fingerprint density at radius 3 is 2.29 bits per heavy atom. The van der Waals surface area contributed by atoms with Gasteiger partial charge >= 0.3 is 7.12 Å². The SMILES string of the molecule is CCCCCOc1ccccc1OB(O)c1ccccc1. The Labute approximate surface area is 126 Å². The molecule has 2 aromatic rings. The van der Waals surface area contributed by atoms with Crippen molar-refractivity contribution in [2.24, 2.45) is 0 Å². The summed E-state index contributed by atoms with van der Waals surface area (Å²) in [4.78, 5) is 0. The maximum Gasteiger partial charge on any atom is 0.560 e. The molecule has 0 radical (unpaired) electrons. The predicted octanol–water partition coefficient (Wildman–Crippen LogP) is 3.02. The van der Waals surface area contributed by atoms with E-state index in [1.165, 1.54) is 0 Å². The van der Waals surface area contributed by atoms with Crippen LogP contribution in [0.5, 0.6) is 11.5 Å². The lowest BCUT2D eigenvalue weighted by molar-refractivity contribution is 0.293. The highest BCUT2D eigenvalue weighted by atomic mass is 16.5. The topological polar surface area (TPSA) is 38.7 Å². The standard InChI is InChI=1S/C17H21BO3/c1-2-3-9-14-20-16-12-7-8-13-17(16)21-18(19)15-10-5-4-6-11-15/h4-8,10-13,19H,2-3,9,14H2,1H3. The molecular formula is C17H21BO3. The van der Waals surface area contributed by atoms with Crippen molar-refractivity contribution in [1.29, 1.82) is 0 Å². The Morgan fingerprint density at radius 1 is 0.905 bits per heavy atom. The van der Waals surface area contributed by atoms with Crippen LogP contribution in [0.1, 0.15) is 26.2 Å². The van der Waals surface area contributed by atoms with Gasteiger partial charge in [0.15, 0.2) is 5.75 Å². The summed E-state index contributed by atoms with van der Waals surface area (Å²) in [6.45, 7) is 2.82. The third-order valence-corrected chi connectivity index (χ3v) is 3.18. The lowest BCUT2D eigenvalue weighted by Gasteiger charge is -2.14. The van der Waals surface area contributed by atoms with E-state index in [1.807, 2.05) is 48.5 Å². The minimum Gasteiger partial charge on any atom is -0.530 e. The molecule has 1 N–H and O–H groups in total. The molecule has 0 amide bonds. The van der Waals surface area contributed by atoms with Crippen LogP contribution in [0.3, 0.4) is 0 Å². The Hall–Kier alpha value is -1.94. The van der Waals surface area contributed by atoms with Gasteiger partial charge < -0.3 is 14.4 Å². The van der Waals surface area contributed by atoms with Crippen LogP contribution in [0.25, 0.3) is 0 Å². The molecule has 0 atom stereocenters. The lowest BCUT2D eigenvalue weighted by Crippen LogP contribution is -2.36.